The van der Waals surface area contributed by atoms with Crippen molar-refractivity contribution < 1.29 is 9.90 Å². The molecule has 1 aromatic carbocycles. The van der Waals surface area contributed by atoms with Crippen LogP contribution in [-0.4, -0.2) is 22.9 Å². The van der Waals surface area contributed by atoms with Gasteiger partial charge in [-0.05, 0) is 23.8 Å². The second-order valence-electron chi connectivity index (χ2n) is 3.30. The van der Waals surface area contributed by atoms with Crippen LogP contribution >= 0.6 is 28.6 Å². The lowest BCUT2D eigenvalue weighted by Crippen LogP contribution is -2.37. The third-order valence-corrected chi connectivity index (χ3v) is 2.98. The summed E-state index contributed by atoms with van der Waals surface area (Å²) in [4.78, 5) is 10.8. The number of hydrogen-bond acceptors (Lipinski definition) is 4. The third kappa shape index (κ3) is 3.70. The number of thiol groups is 1. The molecule has 0 aliphatic rings. The smallest absolute Gasteiger partial charge is 0.321 e. The number of halogens is 1. The minimum atomic E-state index is -0.913. The molecule has 1 rings (SSSR count). The van der Waals surface area contributed by atoms with Gasteiger partial charge in [0.1, 0.15) is 6.04 Å². The van der Waals surface area contributed by atoms with E-state index in [0.717, 1.165) is 10.0 Å². The summed E-state index contributed by atoms with van der Waals surface area (Å²) in [5, 5.41) is 11.7. The SMILES string of the molecule is Nc1ccc(Br)cc1CNC(CS)C(=O)O. The molecule has 1 aromatic rings. The van der Waals surface area contributed by atoms with Crippen molar-refractivity contribution in [3.8, 4) is 0 Å². The van der Waals surface area contributed by atoms with E-state index in [1.807, 2.05) is 12.1 Å². The molecule has 0 aliphatic carbocycles. The maximum atomic E-state index is 10.8. The third-order valence-electron chi connectivity index (χ3n) is 2.12. The molecule has 1 unspecified atom stereocenters. The molecule has 4 nitrogen and oxygen atoms in total. The number of nitrogens with one attached hydrogen (secondary N) is 1. The molecule has 0 amide bonds. The topological polar surface area (TPSA) is 75.3 Å². The first-order valence-electron chi connectivity index (χ1n) is 4.65. The highest BCUT2D eigenvalue weighted by atomic mass is 79.9. The normalized spacial score (nSPS) is 12.4. The molecule has 0 radical (unpaired) electrons. The summed E-state index contributed by atoms with van der Waals surface area (Å²) in [5.41, 5.74) is 7.27. The Morgan fingerprint density at radius 1 is 1.62 bits per heavy atom. The first-order valence-corrected chi connectivity index (χ1v) is 6.08. The first-order chi connectivity index (χ1) is 7.54. The van der Waals surface area contributed by atoms with E-state index in [1.165, 1.54) is 0 Å². The van der Waals surface area contributed by atoms with Gasteiger partial charge in [0, 0.05) is 22.5 Å². The molecule has 88 valence electrons. The minimum Gasteiger partial charge on any atom is -0.480 e. The minimum absolute atomic E-state index is 0.239. The average Bonchev–Trinajstić information content (AvgIpc) is 2.23. The summed E-state index contributed by atoms with van der Waals surface area (Å²) in [6.07, 6.45) is 0. The van der Waals surface area contributed by atoms with Crippen molar-refractivity contribution in [1.82, 2.24) is 5.32 Å². The van der Waals surface area contributed by atoms with Crippen LogP contribution in [0, 0.1) is 0 Å². The molecule has 0 spiro atoms. The molecular weight excluding hydrogens is 292 g/mol. The summed E-state index contributed by atoms with van der Waals surface area (Å²) in [7, 11) is 0. The quantitative estimate of drug-likeness (QED) is 0.491. The van der Waals surface area contributed by atoms with E-state index in [9.17, 15) is 4.79 Å². The second kappa shape index (κ2) is 6.12. The van der Waals surface area contributed by atoms with E-state index in [0.29, 0.717) is 12.2 Å². The van der Waals surface area contributed by atoms with Crippen LogP contribution < -0.4 is 11.1 Å². The zero-order chi connectivity index (χ0) is 12.1. The van der Waals surface area contributed by atoms with E-state index in [4.69, 9.17) is 10.8 Å². The number of nitrogens with two attached hydrogens (primary N) is 1. The Morgan fingerprint density at radius 3 is 2.88 bits per heavy atom. The Morgan fingerprint density at radius 2 is 2.31 bits per heavy atom. The van der Waals surface area contributed by atoms with Gasteiger partial charge >= 0.3 is 5.97 Å². The van der Waals surface area contributed by atoms with Crippen molar-refractivity contribution >= 4 is 40.2 Å². The van der Waals surface area contributed by atoms with Gasteiger partial charge in [-0.1, -0.05) is 15.9 Å². The molecule has 4 N–H and O–H groups in total. The van der Waals surface area contributed by atoms with Gasteiger partial charge in [-0.25, -0.2) is 0 Å². The maximum Gasteiger partial charge on any atom is 0.321 e. The number of benzene rings is 1. The molecule has 0 fully saturated rings. The lowest BCUT2D eigenvalue weighted by atomic mass is 10.1. The van der Waals surface area contributed by atoms with Crippen molar-refractivity contribution in [2.24, 2.45) is 0 Å². The fourth-order valence-electron chi connectivity index (χ4n) is 1.19. The van der Waals surface area contributed by atoms with Crippen molar-refractivity contribution in [2.75, 3.05) is 11.5 Å². The van der Waals surface area contributed by atoms with Crippen LogP contribution in [0.5, 0.6) is 0 Å². The molecule has 0 bridgehead atoms. The van der Waals surface area contributed by atoms with E-state index < -0.39 is 12.0 Å². The molecule has 1 atom stereocenters. The lowest BCUT2D eigenvalue weighted by molar-refractivity contribution is -0.138. The van der Waals surface area contributed by atoms with Crippen molar-refractivity contribution in [2.45, 2.75) is 12.6 Å². The monoisotopic (exact) mass is 304 g/mol. The van der Waals surface area contributed by atoms with Crippen LogP contribution in [0.1, 0.15) is 5.56 Å². The van der Waals surface area contributed by atoms with Gasteiger partial charge in [0.25, 0.3) is 0 Å². The summed E-state index contributed by atoms with van der Waals surface area (Å²) >= 11 is 7.30. The number of carboxylic acids is 1. The number of nitrogen functional groups attached to an aromatic ring is 1. The Bertz CT molecular complexity index is 387. The maximum absolute atomic E-state index is 10.8. The molecule has 0 aliphatic heterocycles. The lowest BCUT2D eigenvalue weighted by Gasteiger charge is -2.13. The summed E-state index contributed by atoms with van der Waals surface area (Å²) in [6.45, 7) is 0.406. The number of anilines is 1. The van der Waals surface area contributed by atoms with Crippen LogP contribution in [0.4, 0.5) is 5.69 Å². The van der Waals surface area contributed by atoms with Gasteiger partial charge in [0.05, 0.1) is 0 Å². The van der Waals surface area contributed by atoms with Crippen LogP contribution in [0.2, 0.25) is 0 Å². The fourth-order valence-corrected chi connectivity index (χ4v) is 1.88. The predicted molar refractivity (Wildman–Crippen MR) is 70.7 cm³/mol. The number of carboxylic acid groups (broad SMARTS) is 1. The first kappa shape index (κ1) is 13.3. The summed E-state index contributed by atoms with van der Waals surface area (Å²) < 4.78 is 0.913. The van der Waals surface area contributed by atoms with Crippen LogP contribution in [-0.2, 0) is 11.3 Å². The van der Waals surface area contributed by atoms with Gasteiger partial charge in [-0.15, -0.1) is 0 Å². The summed E-state index contributed by atoms with van der Waals surface area (Å²) in [5.74, 6) is -0.674. The van der Waals surface area contributed by atoms with Crippen LogP contribution in [0.15, 0.2) is 22.7 Å². The van der Waals surface area contributed by atoms with E-state index in [1.54, 1.807) is 6.07 Å². The molecule has 16 heavy (non-hydrogen) atoms. The Labute approximate surface area is 108 Å². The van der Waals surface area contributed by atoms with E-state index in [-0.39, 0.29) is 5.75 Å². The zero-order valence-electron chi connectivity index (χ0n) is 8.48. The molecule has 0 aromatic heterocycles. The highest BCUT2D eigenvalue weighted by Gasteiger charge is 2.14. The highest BCUT2D eigenvalue weighted by molar-refractivity contribution is 9.10. The zero-order valence-corrected chi connectivity index (χ0v) is 11.0. The molecule has 0 saturated carbocycles. The molecule has 0 saturated heterocycles. The predicted octanol–water partition coefficient (Wildman–Crippen LogP) is 1.50. The van der Waals surface area contributed by atoms with E-state index in [2.05, 4.69) is 33.9 Å². The number of aliphatic carboxylic acids is 1. The molecular formula is C10H13BrN2O2S. The van der Waals surface area contributed by atoms with Crippen molar-refractivity contribution in [3.05, 3.63) is 28.2 Å². The molecule has 0 heterocycles. The number of carbonyl (C=O) groups is 1. The second-order valence-corrected chi connectivity index (χ2v) is 4.58. The Hall–Kier alpha value is -0.720. The average molecular weight is 305 g/mol. The van der Waals surface area contributed by atoms with Gasteiger partial charge in [0.15, 0.2) is 0 Å². The van der Waals surface area contributed by atoms with Crippen LogP contribution in [0.3, 0.4) is 0 Å². The van der Waals surface area contributed by atoms with Gasteiger partial charge < -0.3 is 10.8 Å². The summed E-state index contributed by atoms with van der Waals surface area (Å²) in [6, 6.07) is 4.81. The van der Waals surface area contributed by atoms with E-state index >= 15 is 0 Å². The Kier molecular flexibility index (Phi) is 5.11. The number of rotatable bonds is 5. The van der Waals surface area contributed by atoms with Gasteiger partial charge in [0.2, 0.25) is 0 Å². The van der Waals surface area contributed by atoms with Crippen LogP contribution in [0.25, 0.3) is 0 Å². The Balaban J connectivity index is 2.66. The standard InChI is InChI=1S/C10H13BrN2O2S/c11-7-1-2-8(12)6(3-7)4-13-9(5-16)10(14)15/h1-3,9,13,16H,4-5,12H2,(H,14,15). The van der Waals surface area contributed by atoms with Crippen molar-refractivity contribution in [1.29, 1.82) is 0 Å². The largest absolute Gasteiger partial charge is 0.480 e. The molecule has 6 heteroatoms. The van der Waals surface area contributed by atoms with Gasteiger partial charge in [-0.3, -0.25) is 10.1 Å². The highest BCUT2D eigenvalue weighted by Crippen LogP contribution is 2.18. The number of hydrogen-bond donors (Lipinski definition) is 4. The fraction of sp³-hybridized carbons (Fsp3) is 0.300. The van der Waals surface area contributed by atoms with Gasteiger partial charge in [-0.2, -0.15) is 12.6 Å². The van der Waals surface area contributed by atoms with Crippen molar-refractivity contribution in [3.63, 3.8) is 0 Å².